The van der Waals surface area contributed by atoms with E-state index in [-0.39, 0.29) is 39.5 Å². The summed E-state index contributed by atoms with van der Waals surface area (Å²) in [6.07, 6.45) is -6.26. The Morgan fingerprint density at radius 2 is 1.67 bits per heavy atom. The second-order valence-corrected chi connectivity index (χ2v) is 10.1. The molecule has 5 rings (SSSR count). The number of aliphatic hydroxyl groups is 3. The first kappa shape index (κ1) is 31.9. The number of fused-ring (bicyclic) bond motifs is 1. The van der Waals surface area contributed by atoms with Crippen LogP contribution in [0.3, 0.4) is 0 Å². The van der Waals surface area contributed by atoms with Crippen LogP contribution in [0.2, 0.25) is 0 Å². The standard InChI is InChI=1S/C31H28O15/c1-42-28-19(38)10-17(36)24-18(37)11-21(43-29(24)28)25-15(34)3-2-4-20(25)44-31-30(27(41)26(40)22(12-32)45-31)46-23(39)8-6-13-5-7-14(33)16(35)9-13/h2-11,22,26-27,30-36,38,40-41H,12H2,1H3/t22-,26-,27+,30-,31-/m1/s1. The van der Waals surface area contributed by atoms with Gasteiger partial charge in [0.05, 0.1) is 13.7 Å². The molecule has 4 aromatic rings. The van der Waals surface area contributed by atoms with Crippen LogP contribution in [0.25, 0.3) is 28.4 Å². The Morgan fingerprint density at radius 3 is 2.37 bits per heavy atom. The van der Waals surface area contributed by atoms with Crippen molar-refractivity contribution in [3.05, 3.63) is 70.4 Å². The van der Waals surface area contributed by atoms with Crippen molar-refractivity contribution in [2.75, 3.05) is 13.7 Å². The molecule has 2 heterocycles. The molecule has 0 radical (unpaired) electrons. The second kappa shape index (κ2) is 12.9. The Morgan fingerprint density at radius 1 is 0.913 bits per heavy atom. The van der Waals surface area contributed by atoms with Crippen LogP contribution < -0.4 is 14.9 Å². The number of methoxy groups -OCH3 is 1. The Bertz CT molecular complexity index is 1860. The van der Waals surface area contributed by atoms with Crippen molar-refractivity contribution >= 4 is 23.0 Å². The number of aliphatic hydroxyl groups excluding tert-OH is 3. The minimum absolute atomic E-state index is 0.242. The van der Waals surface area contributed by atoms with Crippen LogP contribution in [0, 0.1) is 0 Å². The minimum atomic E-state index is -1.85. The van der Waals surface area contributed by atoms with Crippen LogP contribution >= 0.6 is 0 Å². The summed E-state index contributed by atoms with van der Waals surface area (Å²) in [6, 6.07) is 9.47. The summed E-state index contributed by atoms with van der Waals surface area (Å²) in [5.41, 5.74) is -1.08. The zero-order chi connectivity index (χ0) is 33.3. The number of hydrogen-bond donors (Lipinski definition) is 8. The first-order valence-electron chi connectivity index (χ1n) is 13.5. The third-order valence-electron chi connectivity index (χ3n) is 7.10. The highest BCUT2D eigenvalue weighted by Crippen LogP contribution is 2.44. The number of benzene rings is 3. The molecule has 0 amide bonds. The van der Waals surface area contributed by atoms with Crippen molar-refractivity contribution in [1.82, 2.24) is 0 Å². The third kappa shape index (κ3) is 6.07. The lowest BCUT2D eigenvalue weighted by Gasteiger charge is -2.41. The number of ether oxygens (including phenoxy) is 4. The van der Waals surface area contributed by atoms with Gasteiger partial charge in [-0.3, -0.25) is 4.79 Å². The minimum Gasteiger partial charge on any atom is -0.507 e. The van der Waals surface area contributed by atoms with Crippen molar-refractivity contribution in [3.63, 3.8) is 0 Å². The summed E-state index contributed by atoms with van der Waals surface area (Å²) in [4.78, 5) is 25.8. The normalized spacial score (nSPS) is 21.3. The van der Waals surface area contributed by atoms with Gasteiger partial charge in [-0.15, -0.1) is 0 Å². The maximum atomic E-state index is 13.0. The van der Waals surface area contributed by atoms with E-state index in [9.17, 15) is 50.4 Å². The van der Waals surface area contributed by atoms with Crippen molar-refractivity contribution in [2.24, 2.45) is 0 Å². The summed E-state index contributed by atoms with van der Waals surface area (Å²) >= 11 is 0. The Kier molecular flexibility index (Phi) is 8.93. The summed E-state index contributed by atoms with van der Waals surface area (Å²) in [6.45, 7) is -0.776. The van der Waals surface area contributed by atoms with Gasteiger partial charge in [-0.1, -0.05) is 12.1 Å². The van der Waals surface area contributed by atoms with Gasteiger partial charge in [-0.2, -0.15) is 0 Å². The number of rotatable bonds is 8. The van der Waals surface area contributed by atoms with Crippen LogP contribution in [-0.2, 0) is 14.3 Å². The molecule has 0 bridgehead atoms. The number of esters is 1. The first-order chi connectivity index (χ1) is 21.9. The largest absolute Gasteiger partial charge is 0.507 e. The molecular weight excluding hydrogens is 612 g/mol. The van der Waals surface area contributed by atoms with Gasteiger partial charge >= 0.3 is 5.97 Å². The fraction of sp³-hybridized carbons (Fsp3) is 0.226. The van der Waals surface area contributed by atoms with Gasteiger partial charge in [-0.05, 0) is 35.9 Å². The van der Waals surface area contributed by atoms with Crippen LogP contribution in [0.5, 0.6) is 40.2 Å². The number of aromatic hydroxyl groups is 5. The number of carbonyl (C=O) groups is 1. The van der Waals surface area contributed by atoms with Crippen molar-refractivity contribution in [3.8, 4) is 51.6 Å². The van der Waals surface area contributed by atoms with Crippen LogP contribution in [0.15, 0.2) is 63.8 Å². The van der Waals surface area contributed by atoms with E-state index in [2.05, 4.69) is 0 Å². The molecule has 0 unspecified atom stereocenters. The molecule has 5 atom stereocenters. The zero-order valence-corrected chi connectivity index (χ0v) is 23.8. The summed E-state index contributed by atoms with van der Waals surface area (Å²) in [7, 11) is 1.19. The summed E-state index contributed by atoms with van der Waals surface area (Å²) in [5, 5.41) is 81.2. The number of hydrogen-bond acceptors (Lipinski definition) is 15. The Labute approximate surface area is 258 Å². The van der Waals surface area contributed by atoms with Crippen LogP contribution in [0.1, 0.15) is 5.56 Å². The average Bonchev–Trinajstić information content (AvgIpc) is 3.01. The van der Waals surface area contributed by atoms with Gasteiger partial charge in [0.25, 0.3) is 0 Å². The van der Waals surface area contributed by atoms with Gasteiger partial charge in [0, 0.05) is 18.2 Å². The lowest BCUT2D eigenvalue weighted by Crippen LogP contribution is -2.61. The van der Waals surface area contributed by atoms with Crippen LogP contribution in [0.4, 0.5) is 0 Å². The van der Waals surface area contributed by atoms with Gasteiger partial charge in [0.1, 0.15) is 52.3 Å². The molecule has 1 aliphatic heterocycles. The lowest BCUT2D eigenvalue weighted by atomic mass is 9.99. The lowest BCUT2D eigenvalue weighted by molar-refractivity contribution is -0.281. The number of carbonyl (C=O) groups excluding carboxylic acids is 1. The number of phenols is 5. The highest BCUT2D eigenvalue weighted by molar-refractivity contribution is 5.92. The molecule has 0 aliphatic carbocycles. The molecule has 15 nitrogen and oxygen atoms in total. The van der Waals surface area contributed by atoms with E-state index in [4.69, 9.17) is 23.4 Å². The van der Waals surface area contributed by atoms with E-state index >= 15 is 0 Å². The van der Waals surface area contributed by atoms with Gasteiger partial charge < -0.3 is 64.2 Å². The summed E-state index contributed by atoms with van der Waals surface area (Å²) < 4.78 is 27.8. The van der Waals surface area contributed by atoms with Crippen molar-refractivity contribution in [1.29, 1.82) is 0 Å². The molecule has 1 aromatic heterocycles. The van der Waals surface area contributed by atoms with Gasteiger partial charge in [0.15, 0.2) is 34.4 Å². The molecule has 242 valence electrons. The van der Waals surface area contributed by atoms with E-state index in [1.54, 1.807) is 0 Å². The van der Waals surface area contributed by atoms with E-state index < -0.39 is 71.7 Å². The van der Waals surface area contributed by atoms with E-state index in [0.717, 1.165) is 18.2 Å². The maximum absolute atomic E-state index is 13.0. The summed E-state index contributed by atoms with van der Waals surface area (Å²) in [5.74, 6) is -4.33. The molecular formula is C31H28O15. The molecule has 0 spiro atoms. The van der Waals surface area contributed by atoms with E-state index in [1.165, 1.54) is 49.6 Å². The molecule has 1 saturated heterocycles. The second-order valence-electron chi connectivity index (χ2n) is 10.1. The third-order valence-corrected chi connectivity index (χ3v) is 7.10. The van der Waals surface area contributed by atoms with Gasteiger partial charge in [-0.25, -0.2) is 4.79 Å². The quantitative estimate of drug-likeness (QED) is 0.0771. The predicted molar refractivity (Wildman–Crippen MR) is 157 cm³/mol. The smallest absolute Gasteiger partial charge is 0.331 e. The molecule has 0 saturated carbocycles. The van der Waals surface area contributed by atoms with Crippen LogP contribution in [-0.4, -0.2) is 91.2 Å². The molecule has 3 aromatic carbocycles. The van der Waals surface area contributed by atoms with E-state index in [1.807, 2.05) is 0 Å². The highest BCUT2D eigenvalue weighted by Gasteiger charge is 2.48. The fourth-order valence-corrected chi connectivity index (χ4v) is 4.85. The molecule has 1 aliphatic rings. The monoisotopic (exact) mass is 640 g/mol. The maximum Gasteiger partial charge on any atom is 0.331 e. The van der Waals surface area contributed by atoms with E-state index in [0.29, 0.717) is 5.56 Å². The molecule has 8 N–H and O–H groups in total. The number of phenolic OH excluding ortho intramolecular Hbond substituents is 5. The SMILES string of the molecule is COc1c(O)cc(O)c2c(=O)cc(-c3c(O)cccc3O[C@@H]3O[C@H](CO)[C@@H](O)[C@H](O)[C@H]3OC(=O)C=Cc3ccc(O)c(O)c3)oc12. The fourth-order valence-electron chi connectivity index (χ4n) is 4.85. The topological polar surface area (TPSA) is 246 Å². The average molecular weight is 641 g/mol. The highest BCUT2D eigenvalue weighted by atomic mass is 16.7. The first-order valence-corrected chi connectivity index (χ1v) is 13.5. The Balaban J connectivity index is 1.51. The Hall–Kier alpha value is -5.48. The molecule has 46 heavy (non-hydrogen) atoms. The molecule has 15 heteroatoms. The predicted octanol–water partition coefficient (Wildman–Crippen LogP) is 1.44. The van der Waals surface area contributed by atoms with Crippen molar-refractivity contribution in [2.45, 2.75) is 30.7 Å². The molecule has 1 fully saturated rings. The zero-order valence-electron chi connectivity index (χ0n) is 23.8. The van der Waals surface area contributed by atoms with Gasteiger partial charge in [0.2, 0.25) is 12.0 Å². The van der Waals surface area contributed by atoms with Crippen molar-refractivity contribution < 1.29 is 69.0 Å².